The van der Waals surface area contributed by atoms with Crippen LogP contribution in [-0.4, -0.2) is 37.7 Å². The number of barbiturate groups is 1. The maximum atomic E-state index is 13.2. The number of urea groups is 1. The molecule has 3 aromatic rings. The van der Waals surface area contributed by atoms with Gasteiger partial charge >= 0.3 is 6.03 Å². The Morgan fingerprint density at radius 1 is 0.868 bits per heavy atom. The van der Waals surface area contributed by atoms with Crippen molar-refractivity contribution in [3.8, 4) is 17.2 Å². The van der Waals surface area contributed by atoms with Crippen molar-refractivity contribution in [3.05, 3.63) is 87.4 Å². The van der Waals surface area contributed by atoms with E-state index in [1.807, 2.05) is 45.0 Å². The van der Waals surface area contributed by atoms with Gasteiger partial charge in [-0.25, -0.2) is 9.69 Å². The molecule has 1 aliphatic rings. The lowest BCUT2D eigenvalue weighted by Gasteiger charge is -2.26. The topological polar surface area (TPSA) is 94.2 Å². The van der Waals surface area contributed by atoms with Crippen molar-refractivity contribution in [2.24, 2.45) is 0 Å². The van der Waals surface area contributed by atoms with Crippen molar-refractivity contribution in [3.63, 3.8) is 0 Å². The van der Waals surface area contributed by atoms with Crippen molar-refractivity contribution in [2.45, 2.75) is 20.8 Å². The fourth-order valence-corrected chi connectivity index (χ4v) is 4.34. The van der Waals surface area contributed by atoms with Crippen LogP contribution in [0.5, 0.6) is 17.2 Å². The summed E-state index contributed by atoms with van der Waals surface area (Å²) < 4.78 is 18.0. The van der Waals surface area contributed by atoms with Crippen LogP contribution in [0.3, 0.4) is 0 Å². The zero-order valence-corrected chi connectivity index (χ0v) is 22.8. The van der Waals surface area contributed by atoms with Crippen LogP contribution < -0.4 is 24.4 Å². The number of carbonyl (C=O) groups excluding carboxylic acids is 3. The number of ether oxygens (including phenoxy) is 3. The Morgan fingerprint density at radius 3 is 2.16 bits per heavy atom. The summed E-state index contributed by atoms with van der Waals surface area (Å²) >= 11 is 3.51. The molecule has 0 saturated carbocycles. The van der Waals surface area contributed by atoms with Gasteiger partial charge in [0.15, 0.2) is 11.5 Å². The minimum absolute atomic E-state index is 0.181. The van der Waals surface area contributed by atoms with E-state index < -0.39 is 17.8 Å². The highest BCUT2D eigenvalue weighted by atomic mass is 79.9. The van der Waals surface area contributed by atoms with E-state index in [1.54, 1.807) is 36.4 Å². The fraction of sp³-hybridized carbons (Fsp3) is 0.207. The van der Waals surface area contributed by atoms with Crippen molar-refractivity contribution < 1.29 is 28.6 Å². The lowest BCUT2D eigenvalue weighted by molar-refractivity contribution is -0.122. The van der Waals surface area contributed by atoms with Gasteiger partial charge in [-0.1, -0.05) is 35.4 Å². The van der Waals surface area contributed by atoms with Gasteiger partial charge in [0.2, 0.25) is 0 Å². The largest absolute Gasteiger partial charge is 0.490 e. The molecule has 1 N–H and O–H groups in total. The summed E-state index contributed by atoms with van der Waals surface area (Å²) in [6, 6.07) is 17.2. The lowest BCUT2D eigenvalue weighted by Crippen LogP contribution is -2.54. The number of carbonyl (C=O) groups is 3. The molecule has 3 aromatic carbocycles. The second kappa shape index (κ2) is 12.0. The average molecular weight is 579 g/mol. The van der Waals surface area contributed by atoms with Crippen LogP contribution >= 0.6 is 15.9 Å². The second-order valence-electron chi connectivity index (χ2n) is 8.57. The number of hydrogen-bond acceptors (Lipinski definition) is 6. The Bertz CT molecular complexity index is 1380. The molecule has 1 saturated heterocycles. The SMILES string of the molecule is CCOc1cc(/C=C2\C(=O)NC(=O)N(c3ccc(C)cc3)C2=O)cc(Br)c1OCCOc1ccc(C)cc1. The van der Waals surface area contributed by atoms with Crippen molar-refractivity contribution in [1.82, 2.24) is 5.32 Å². The Hall–Kier alpha value is -4.11. The molecule has 4 amide bonds. The maximum absolute atomic E-state index is 13.2. The number of nitrogens with one attached hydrogen (secondary N) is 1. The summed E-state index contributed by atoms with van der Waals surface area (Å²) in [5.74, 6) is 0.159. The molecule has 38 heavy (non-hydrogen) atoms. The standard InChI is InChI=1S/C29H27BrN2O6/c1-4-36-25-17-20(16-24(30)26(25)38-14-13-37-22-11-7-19(3)8-12-22)15-23-27(33)31-29(35)32(28(23)34)21-9-5-18(2)6-10-21/h5-12,15-17H,4,13-14H2,1-3H3,(H,31,33,35)/b23-15+. The third-order valence-electron chi connectivity index (χ3n) is 5.66. The van der Waals surface area contributed by atoms with Crippen molar-refractivity contribution in [1.29, 1.82) is 0 Å². The van der Waals surface area contributed by atoms with Gasteiger partial charge in [-0.15, -0.1) is 0 Å². The highest BCUT2D eigenvalue weighted by Crippen LogP contribution is 2.38. The molecular weight excluding hydrogens is 552 g/mol. The molecule has 196 valence electrons. The Balaban J connectivity index is 1.54. The first-order chi connectivity index (χ1) is 18.3. The zero-order chi connectivity index (χ0) is 27.2. The third-order valence-corrected chi connectivity index (χ3v) is 6.25. The van der Waals surface area contributed by atoms with E-state index in [0.717, 1.165) is 21.8 Å². The van der Waals surface area contributed by atoms with Crippen molar-refractivity contribution in [2.75, 3.05) is 24.7 Å². The molecule has 9 heteroatoms. The van der Waals surface area contributed by atoms with Gasteiger partial charge in [0.1, 0.15) is 24.5 Å². The smallest absolute Gasteiger partial charge is 0.335 e. The number of halogens is 1. The number of aryl methyl sites for hydroxylation is 2. The van der Waals surface area contributed by atoms with E-state index in [0.29, 0.717) is 40.4 Å². The number of benzene rings is 3. The Kier molecular flexibility index (Phi) is 8.48. The first-order valence-electron chi connectivity index (χ1n) is 12.0. The molecule has 1 aliphatic heterocycles. The molecule has 0 aliphatic carbocycles. The number of nitrogens with zero attached hydrogens (tertiary/aromatic N) is 1. The van der Waals surface area contributed by atoms with Crippen LogP contribution in [0, 0.1) is 13.8 Å². The van der Waals surface area contributed by atoms with Crippen LogP contribution in [0.15, 0.2) is 70.7 Å². The summed E-state index contributed by atoms with van der Waals surface area (Å²) in [7, 11) is 0. The van der Waals surface area contributed by atoms with Gasteiger partial charge in [0, 0.05) is 0 Å². The normalized spacial score (nSPS) is 14.5. The second-order valence-corrected chi connectivity index (χ2v) is 9.42. The summed E-state index contributed by atoms with van der Waals surface area (Å²) in [6.45, 7) is 6.71. The highest BCUT2D eigenvalue weighted by Gasteiger charge is 2.36. The minimum Gasteiger partial charge on any atom is -0.490 e. The molecule has 0 unspecified atom stereocenters. The maximum Gasteiger partial charge on any atom is 0.335 e. The van der Waals surface area contributed by atoms with Crippen molar-refractivity contribution >= 4 is 45.5 Å². The Morgan fingerprint density at radius 2 is 1.50 bits per heavy atom. The first kappa shape index (κ1) is 26.9. The molecule has 1 heterocycles. The number of anilines is 1. The van der Waals surface area contributed by atoms with Crippen LogP contribution in [0.1, 0.15) is 23.6 Å². The van der Waals surface area contributed by atoms with Gasteiger partial charge in [-0.05, 0) is 84.7 Å². The number of rotatable bonds is 9. The molecule has 4 rings (SSSR count). The minimum atomic E-state index is -0.797. The number of imide groups is 2. The van der Waals surface area contributed by atoms with E-state index in [1.165, 1.54) is 6.08 Å². The van der Waals surface area contributed by atoms with Gasteiger partial charge in [-0.2, -0.15) is 0 Å². The molecule has 1 fully saturated rings. The summed E-state index contributed by atoms with van der Waals surface area (Å²) in [5.41, 5.74) is 2.82. The molecule has 0 aromatic heterocycles. The first-order valence-corrected chi connectivity index (χ1v) is 12.8. The molecular formula is C29H27BrN2O6. The zero-order valence-electron chi connectivity index (χ0n) is 21.2. The van der Waals surface area contributed by atoms with E-state index in [2.05, 4.69) is 21.2 Å². The predicted octanol–water partition coefficient (Wildman–Crippen LogP) is 5.59. The summed E-state index contributed by atoms with van der Waals surface area (Å²) in [4.78, 5) is 39.2. The lowest BCUT2D eigenvalue weighted by atomic mass is 10.1. The average Bonchev–Trinajstić information content (AvgIpc) is 2.88. The van der Waals surface area contributed by atoms with E-state index in [4.69, 9.17) is 14.2 Å². The number of hydrogen-bond donors (Lipinski definition) is 1. The quantitative estimate of drug-likeness (QED) is 0.202. The van der Waals surface area contributed by atoms with Gasteiger partial charge < -0.3 is 14.2 Å². The third kappa shape index (κ3) is 6.23. The Labute approximate surface area is 229 Å². The molecule has 0 radical (unpaired) electrons. The summed E-state index contributed by atoms with van der Waals surface area (Å²) in [5, 5.41) is 2.24. The highest BCUT2D eigenvalue weighted by molar-refractivity contribution is 9.10. The van der Waals surface area contributed by atoms with Gasteiger partial charge in [-0.3, -0.25) is 14.9 Å². The van der Waals surface area contributed by atoms with Gasteiger partial charge in [0.05, 0.1) is 16.8 Å². The van der Waals surface area contributed by atoms with E-state index in [9.17, 15) is 14.4 Å². The van der Waals surface area contributed by atoms with Crippen LogP contribution in [0.2, 0.25) is 0 Å². The van der Waals surface area contributed by atoms with E-state index >= 15 is 0 Å². The molecule has 0 bridgehead atoms. The molecule has 0 atom stereocenters. The van der Waals surface area contributed by atoms with Gasteiger partial charge in [0.25, 0.3) is 11.8 Å². The molecule has 8 nitrogen and oxygen atoms in total. The van der Waals surface area contributed by atoms with Crippen LogP contribution in [-0.2, 0) is 9.59 Å². The van der Waals surface area contributed by atoms with Crippen LogP contribution in [0.4, 0.5) is 10.5 Å². The number of amides is 4. The van der Waals surface area contributed by atoms with E-state index in [-0.39, 0.29) is 12.2 Å². The fourth-order valence-electron chi connectivity index (χ4n) is 3.76. The summed E-state index contributed by atoms with van der Waals surface area (Å²) in [6.07, 6.45) is 1.42. The van der Waals surface area contributed by atoms with Crippen LogP contribution in [0.25, 0.3) is 6.08 Å². The monoisotopic (exact) mass is 578 g/mol. The molecule has 0 spiro atoms. The predicted molar refractivity (Wildman–Crippen MR) is 148 cm³/mol.